The van der Waals surface area contributed by atoms with Gasteiger partial charge < -0.3 is 14.8 Å². The van der Waals surface area contributed by atoms with Crippen LogP contribution in [0.3, 0.4) is 0 Å². The average molecular weight is 327 g/mol. The van der Waals surface area contributed by atoms with Crippen LogP contribution in [0.1, 0.15) is 36.2 Å². The van der Waals surface area contributed by atoms with Crippen molar-refractivity contribution in [3.8, 4) is 11.5 Å². The zero-order valence-corrected chi connectivity index (χ0v) is 14.5. The molecule has 0 heterocycles. The second-order valence-corrected chi connectivity index (χ2v) is 5.91. The van der Waals surface area contributed by atoms with Gasteiger partial charge in [0.15, 0.2) is 0 Å². The van der Waals surface area contributed by atoms with Gasteiger partial charge in [-0.15, -0.1) is 0 Å². The van der Waals surface area contributed by atoms with E-state index in [1.54, 1.807) is 19.2 Å². The molecule has 2 aromatic carbocycles. The fourth-order valence-electron chi connectivity index (χ4n) is 2.41. The lowest BCUT2D eigenvalue weighted by Crippen LogP contribution is -2.24. The van der Waals surface area contributed by atoms with Crippen LogP contribution in [0.2, 0.25) is 0 Å². The lowest BCUT2D eigenvalue weighted by Gasteiger charge is -2.11. The van der Waals surface area contributed by atoms with Gasteiger partial charge in [-0.3, -0.25) is 4.79 Å². The quantitative estimate of drug-likeness (QED) is 0.749. The number of carbonyl (C=O) groups excluding carboxylic acids is 1. The second-order valence-electron chi connectivity index (χ2n) is 5.91. The summed E-state index contributed by atoms with van der Waals surface area (Å²) >= 11 is 0. The Morgan fingerprint density at radius 1 is 1.08 bits per heavy atom. The molecule has 0 radical (unpaired) electrons. The Balaban J connectivity index is 1.79. The number of nitrogens with one attached hydrogen (secondary N) is 1. The van der Waals surface area contributed by atoms with Gasteiger partial charge in [0.2, 0.25) is 0 Å². The number of carbonyl (C=O) groups is 1. The van der Waals surface area contributed by atoms with Crippen molar-refractivity contribution in [1.29, 1.82) is 0 Å². The third kappa shape index (κ3) is 5.61. The molecular formula is C20H25NO3. The minimum absolute atomic E-state index is 0.0780. The highest BCUT2D eigenvalue weighted by Gasteiger charge is 2.06. The van der Waals surface area contributed by atoms with E-state index in [-0.39, 0.29) is 12.0 Å². The Labute approximate surface area is 143 Å². The summed E-state index contributed by atoms with van der Waals surface area (Å²) in [7, 11) is 1.59. The Kier molecular flexibility index (Phi) is 6.67. The summed E-state index contributed by atoms with van der Waals surface area (Å²) in [6, 6.07) is 15.3. The number of hydrogen-bond donors (Lipinski definition) is 1. The van der Waals surface area contributed by atoms with E-state index in [1.807, 2.05) is 38.1 Å². The first-order chi connectivity index (χ1) is 11.6. The minimum atomic E-state index is -0.0780. The van der Waals surface area contributed by atoms with Gasteiger partial charge in [-0.05, 0) is 62.6 Å². The minimum Gasteiger partial charge on any atom is -0.497 e. The normalized spacial score (nSPS) is 10.5. The molecule has 1 N–H and O–H groups in total. The van der Waals surface area contributed by atoms with Crippen LogP contribution in [0.5, 0.6) is 11.5 Å². The SMILES string of the molecule is COc1cccc(C(=O)NCCCc2cccc(OC(C)C)c2)c1. The number of methoxy groups -OCH3 is 1. The molecule has 0 aliphatic carbocycles. The third-order valence-electron chi connectivity index (χ3n) is 3.53. The Bertz CT molecular complexity index is 667. The summed E-state index contributed by atoms with van der Waals surface area (Å²) in [6.07, 6.45) is 1.94. The van der Waals surface area contributed by atoms with Gasteiger partial charge >= 0.3 is 0 Å². The van der Waals surface area contributed by atoms with Crippen molar-refractivity contribution in [2.45, 2.75) is 32.8 Å². The maximum absolute atomic E-state index is 12.1. The molecule has 0 aliphatic heterocycles. The molecule has 0 saturated carbocycles. The Hall–Kier alpha value is -2.49. The molecule has 0 bridgehead atoms. The van der Waals surface area contributed by atoms with Crippen molar-refractivity contribution in [1.82, 2.24) is 5.32 Å². The van der Waals surface area contributed by atoms with Gasteiger partial charge in [0.25, 0.3) is 5.91 Å². The van der Waals surface area contributed by atoms with E-state index >= 15 is 0 Å². The number of hydrogen-bond acceptors (Lipinski definition) is 3. The number of ether oxygens (including phenoxy) is 2. The summed E-state index contributed by atoms with van der Waals surface area (Å²) in [4.78, 5) is 12.1. The molecule has 0 fully saturated rings. The lowest BCUT2D eigenvalue weighted by atomic mass is 10.1. The van der Waals surface area contributed by atoms with E-state index in [2.05, 4.69) is 17.4 Å². The summed E-state index contributed by atoms with van der Waals surface area (Å²) in [6.45, 7) is 4.66. The standard InChI is InChI=1S/C20H25NO3/c1-15(2)24-19-11-4-7-16(13-19)8-6-12-21-20(22)17-9-5-10-18(14-17)23-3/h4-5,7,9-11,13-15H,6,8,12H2,1-3H3,(H,21,22). The molecule has 0 saturated heterocycles. The van der Waals surface area contributed by atoms with Gasteiger partial charge in [-0.1, -0.05) is 18.2 Å². The predicted octanol–water partition coefficient (Wildman–Crippen LogP) is 3.85. The summed E-state index contributed by atoms with van der Waals surface area (Å²) in [5, 5.41) is 2.94. The zero-order valence-electron chi connectivity index (χ0n) is 14.5. The van der Waals surface area contributed by atoms with E-state index in [1.165, 1.54) is 5.56 Å². The van der Waals surface area contributed by atoms with Gasteiger partial charge in [-0.2, -0.15) is 0 Å². The topological polar surface area (TPSA) is 47.6 Å². The monoisotopic (exact) mass is 327 g/mol. The number of aryl methyl sites for hydroxylation is 1. The number of amides is 1. The molecule has 2 rings (SSSR count). The molecule has 4 heteroatoms. The molecule has 1 amide bonds. The lowest BCUT2D eigenvalue weighted by molar-refractivity contribution is 0.0953. The highest BCUT2D eigenvalue weighted by molar-refractivity contribution is 5.94. The second kappa shape index (κ2) is 8.96. The van der Waals surface area contributed by atoms with E-state index < -0.39 is 0 Å². The molecule has 128 valence electrons. The molecule has 0 spiro atoms. The largest absolute Gasteiger partial charge is 0.497 e. The fourth-order valence-corrected chi connectivity index (χ4v) is 2.41. The summed E-state index contributed by atoms with van der Waals surface area (Å²) in [5.74, 6) is 1.50. The Morgan fingerprint density at radius 3 is 2.58 bits per heavy atom. The third-order valence-corrected chi connectivity index (χ3v) is 3.53. The first kappa shape index (κ1) is 17.9. The van der Waals surface area contributed by atoms with Gasteiger partial charge in [0, 0.05) is 12.1 Å². The maximum atomic E-state index is 12.1. The highest BCUT2D eigenvalue weighted by atomic mass is 16.5. The molecule has 2 aromatic rings. The van der Waals surface area contributed by atoms with E-state index in [4.69, 9.17) is 9.47 Å². The molecule has 0 aromatic heterocycles. The first-order valence-corrected chi connectivity index (χ1v) is 8.26. The van der Waals surface area contributed by atoms with Crippen molar-refractivity contribution in [3.05, 3.63) is 59.7 Å². The van der Waals surface area contributed by atoms with Gasteiger partial charge in [-0.25, -0.2) is 0 Å². The molecular weight excluding hydrogens is 302 g/mol. The van der Waals surface area contributed by atoms with Crippen LogP contribution in [-0.4, -0.2) is 25.7 Å². The van der Waals surface area contributed by atoms with Crippen LogP contribution < -0.4 is 14.8 Å². The highest BCUT2D eigenvalue weighted by Crippen LogP contribution is 2.16. The molecule has 0 unspecified atom stereocenters. The van der Waals surface area contributed by atoms with Gasteiger partial charge in [0.1, 0.15) is 11.5 Å². The molecule has 0 aliphatic rings. The summed E-state index contributed by atoms with van der Waals surface area (Å²) < 4.78 is 10.8. The van der Waals surface area contributed by atoms with E-state index in [9.17, 15) is 4.79 Å². The van der Waals surface area contributed by atoms with Crippen LogP contribution in [0.4, 0.5) is 0 Å². The number of rotatable bonds is 8. The van der Waals surface area contributed by atoms with E-state index in [0.717, 1.165) is 18.6 Å². The first-order valence-electron chi connectivity index (χ1n) is 8.26. The molecule has 4 nitrogen and oxygen atoms in total. The van der Waals surface area contributed by atoms with Crippen LogP contribution >= 0.6 is 0 Å². The van der Waals surface area contributed by atoms with Crippen LogP contribution in [0.25, 0.3) is 0 Å². The van der Waals surface area contributed by atoms with Gasteiger partial charge in [0.05, 0.1) is 13.2 Å². The predicted molar refractivity (Wildman–Crippen MR) is 95.9 cm³/mol. The van der Waals surface area contributed by atoms with Crippen LogP contribution in [-0.2, 0) is 6.42 Å². The van der Waals surface area contributed by atoms with Crippen molar-refractivity contribution in [2.75, 3.05) is 13.7 Å². The van der Waals surface area contributed by atoms with E-state index in [0.29, 0.717) is 17.9 Å². The van der Waals surface area contributed by atoms with Crippen molar-refractivity contribution in [3.63, 3.8) is 0 Å². The molecule has 0 atom stereocenters. The van der Waals surface area contributed by atoms with Crippen molar-refractivity contribution in [2.24, 2.45) is 0 Å². The average Bonchev–Trinajstić information content (AvgIpc) is 2.58. The van der Waals surface area contributed by atoms with Crippen molar-refractivity contribution < 1.29 is 14.3 Å². The fraction of sp³-hybridized carbons (Fsp3) is 0.350. The summed E-state index contributed by atoms with van der Waals surface area (Å²) in [5.41, 5.74) is 1.82. The smallest absolute Gasteiger partial charge is 0.251 e. The number of benzene rings is 2. The maximum Gasteiger partial charge on any atom is 0.251 e. The molecule has 24 heavy (non-hydrogen) atoms. The van der Waals surface area contributed by atoms with Crippen LogP contribution in [0.15, 0.2) is 48.5 Å². The van der Waals surface area contributed by atoms with Crippen molar-refractivity contribution >= 4 is 5.91 Å². The Morgan fingerprint density at radius 2 is 1.83 bits per heavy atom. The zero-order chi connectivity index (χ0) is 17.4. The van der Waals surface area contributed by atoms with Crippen LogP contribution in [0, 0.1) is 0 Å².